The van der Waals surface area contributed by atoms with E-state index in [1.54, 1.807) is 11.3 Å². The second-order valence-corrected chi connectivity index (χ2v) is 8.19. The summed E-state index contributed by atoms with van der Waals surface area (Å²) in [5, 5.41) is 17.0. The quantitative estimate of drug-likeness (QED) is 0.438. The van der Waals surface area contributed by atoms with Crippen LogP contribution in [0.5, 0.6) is 0 Å². The lowest BCUT2D eigenvalue weighted by atomic mass is 10.2. The Kier molecular flexibility index (Phi) is 6.50. The van der Waals surface area contributed by atoms with Crippen molar-refractivity contribution in [3.05, 3.63) is 74.7 Å². The van der Waals surface area contributed by atoms with Crippen LogP contribution in [-0.2, 0) is 13.0 Å². The zero-order chi connectivity index (χ0) is 20.8. The molecule has 0 atom stereocenters. The van der Waals surface area contributed by atoms with Gasteiger partial charge in [0.05, 0.1) is 4.92 Å². The Bertz CT molecular complexity index is 959. The fraction of sp³-hybridized carbons (Fsp3) is 0.333. The van der Waals surface area contributed by atoms with Crippen molar-refractivity contribution < 1.29 is 4.92 Å². The van der Waals surface area contributed by atoms with Crippen LogP contribution >= 0.6 is 11.3 Å². The summed E-state index contributed by atoms with van der Waals surface area (Å²) in [5.74, 6) is 0.682. The van der Waals surface area contributed by atoms with Crippen LogP contribution in [0.4, 0.5) is 17.3 Å². The molecule has 0 bridgehead atoms. The maximum atomic E-state index is 11.8. The lowest BCUT2D eigenvalue weighted by Crippen LogP contribution is -2.46. The molecule has 30 heavy (non-hydrogen) atoms. The van der Waals surface area contributed by atoms with E-state index >= 15 is 0 Å². The number of piperazine rings is 1. The summed E-state index contributed by atoms with van der Waals surface area (Å²) >= 11 is 1.68. The zero-order valence-corrected chi connectivity index (χ0v) is 17.4. The largest absolute Gasteiger partial charge is 0.364 e. The lowest BCUT2D eigenvalue weighted by molar-refractivity contribution is -0.383. The highest BCUT2D eigenvalue weighted by molar-refractivity contribution is 7.09. The van der Waals surface area contributed by atoms with Gasteiger partial charge in [-0.3, -0.25) is 15.0 Å². The minimum absolute atomic E-state index is 0.0415. The first kappa shape index (κ1) is 20.2. The van der Waals surface area contributed by atoms with Gasteiger partial charge in [0, 0.05) is 44.1 Å². The zero-order valence-electron chi connectivity index (χ0n) is 16.6. The Morgan fingerprint density at radius 1 is 1.07 bits per heavy atom. The second-order valence-electron chi connectivity index (χ2n) is 7.16. The van der Waals surface area contributed by atoms with Gasteiger partial charge in [-0.15, -0.1) is 11.3 Å². The van der Waals surface area contributed by atoms with Crippen LogP contribution in [0.25, 0.3) is 0 Å². The topological polar surface area (TPSA) is 87.4 Å². The van der Waals surface area contributed by atoms with Gasteiger partial charge in [-0.25, -0.2) is 9.97 Å². The standard InChI is InChI=1S/C21H24N6O2S/c28-27(29)19-20(22-9-8-18-7-4-14-30-18)23-16-24-21(19)26-12-10-25(11-13-26)15-17-5-2-1-3-6-17/h1-7,14,16H,8-13,15H2,(H,22,23,24). The molecule has 1 N–H and O–H groups in total. The highest BCUT2D eigenvalue weighted by Crippen LogP contribution is 2.32. The molecular weight excluding hydrogens is 400 g/mol. The van der Waals surface area contributed by atoms with Gasteiger partial charge in [-0.2, -0.15) is 0 Å². The van der Waals surface area contributed by atoms with E-state index in [1.165, 1.54) is 16.8 Å². The van der Waals surface area contributed by atoms with Gasteiger partial charge < -0.3 is 10.2 Å². The fourth-order valence-corrected chi connectivity index (χ4v) is 4.33. The second kappa shape index (κ2) is 9.64. The third-order valence-corrected chi connectivity index (χ3v) is 6.09. The first-order valence-electron chi connectivity index (χ1n) is 9.97. The number of thiophene rings is 1. The van der Waals surface area contributed by atoms with E-state index in [0.717, 1.165) is 26.1 Å². The minimum atomic E-state index is -0.376. The molecule has 1 saturated heterocycles. The first-order valence-corrected chi connectivity index (χ1v) is 10.9. The summed E-state index contributed by atoms with van der Waals surface area (Å²) in [7, 11) is 0. The molecule has 1 fully saturated rings. The van der Waals surface area contributed by atoms with Gasteiger partial charge in [0.2, 0.25) is 11.6 Å². The van der Waals surface area contributed by atoms with Crippen molar-refractivity contribution in [3.63, 3.8) is 0 Å². The molecule has 0 unspecified atom stereocenters. The van der Waals surface area contributed by atoms with Crippen LogP contribution in [0.1, 0.15) is 10.4 Å². The molecule has 3 heterocycles. The number of aromatic nitrogens is 2. The molecule has 156 valence electrons. The SMILES string of the molecule is O=[N+]([O-])c1c(NCCc2cccs2)ncnc1N1CCN(Cc2ccccc2)CC1. The van der Waals surface area contributed by atoms with E-state index in [0.29, 0.717) is 25.5 Å². The predicted molar refractivity (Wildman–Crippen MR) is 119 cm³/mol. The van der Waals surface area contributed by atoms with Crippen LogP contribution in [0, 0.1) is 10.1 Å². The molecule has 2 aromatic heterocycles. The number of rotatable bonds is 8. The maximum Gasteiger partial charge on any atom is 0.353 e. The van der Waals surface area contributed by atoms with E-state index in [2.05, 4.69) is 38.4 Å². The van der Waals surface area contributed by atoms with Crippen LogP contribution in [-0.4, -0.2) is 52.5 Å². The number of hydrogen-bond donors (Lipinski definition) is 1. The van der Waals surface area contributed by atoms with Gasteiger partial charge in [0.1, 0.15) is 6.33 Å². The summed E-state index contributed by atoms with van der Waals surface area (Å²) in [4.78, 5) is 25.5. The summed E-state index contributed by atoms with van der Waals surface area (Å²) in [5.41, 5.74) is 1.23. The van der Waals surface area contributed by atoms with Crippen LogP contribution in [0.2, 0.25) is 0 Å². The first-order chi connectivity index (χ1) is 14.7. The third-order valence-electron chi connectivity index (χ3n) is 5.15. The van der Waals surface area contributed by atoms with Gasteiger partial charge in [-0.05, 0) is 23.4 Å². The molecule has 0 saturated carbocycles. The molecule has 0 radical (unpaired) electrons. The van der Waals surface area contributed by atoms with Crippen LogP contribution in [0.15, 0.2) is 54.2 Å². The number of nitrogens with one attached hydrogen (secondary N) is 1. The molecule has 0 spiro atoms. The van der Waals surface area contributed by atoms with E-state index in [9.17, 15) is 10.1 Å². The molecule has 1 aromatic carbocycles. The number of nitrogens with zero attached hydrogens (tertiary/aromatic N) is 5. The van der Waals surface area contributed by atoms with Crippen molar-refractivity contribution in [1.82, 2.24) is 14.9 Å². The Labute approximate surface area is 179 Å². The lowest BCUT2D eigenvalue weighted by Gasteiger charge is -2.35. The summed E-state index contributed by atoms with van der Waals surface area (Å²) in [6.07, 6.45) is 2.21. The van der Waals surface area contributed by atoms with Crippen molar-refractivity contribution in [2.75, 3.05) is 42.9 Å². The average molecular weight is 425 g/mol. The Hall–Kier alpha value is -3.04. The smallest absolute Gasteiger partial charge is 0.353 e. The normalized spacial score (nSPS) is 14.6. The molecule has 9 heteroatoms. The molecule has 3 aromatic rings. The van der Waals surface area contributed by atoms with Crippen molar-refractivity contribution in [3.8, 4) is 0 Å². The molecule has 1 aliphatic heterocycles. The van der Waals surface area contributed by atoms with Crippen molar-refractivity contribution in [2.45, 2.75) is 13.0 Å². The van der Waals surface area contributed by atoms with Gasteiger partial charge in [-0.1, -0.05) is 36.4 Å². The Morgan fingerprint density at radius 3 is 2.57 bits per heavy atom. The van der Waals surface area contributed by atoms with E-state index in [-0.39, 0.29) is 16.4 Å². The number of anilines is 2. The summed E-state index contributed by atoms with van der Waals surface area (Å²) < 4.78 is 0. The minimum Gasteiger partial charge on any atom is -0.364 e. The van der Waals surface area contributed by atoms with E-state index < -0.39 is 0 Å². The van der Waals surface area contributed by atoms with Crippen LogP contribution in [0.3, 0.4) is 0 Å². The highest BCUT2D eigenvalue weighted by atomic mass is 32.1. The van der Waals surface area contributed by atoms with Gasteiger partial charge in [0.15, 0.2) is 0 Å². The third kappa shape index (κ3) is 4.92. The molecule has 0 aliphatic carbocycles. The monoisotopic (exact) mass is 424 g/mol. The fourth-order valence-electron chi connectivity index (χ4n) is 3.62. The van der Waals surface area contributed by atoms with Crippen LogP contribution < -0.4 is 10.2 Å². The average Bonchev–Trinajstić information content (AvgIpc) is 3.28. The van der Waals surface area contributed by atoms with Crippen molar-refractivity contribution in [2.24, 2.45) is 0 Å². The van der Waals surface area contributed by atoms with Gasteiger partial charge in [0.25, 0.3) is 0 Å². The van der Waals surface area contributed by atoms with Gasteiger partial charge >= 0.3 is 5.69 Å². The van der Waals surface area contributed by atoms with Crippen molar-refractivity contribution >= 4 is 28.7 Å². The molecule has 4 rings (SSSR count). The summed E-state index contributed by atoms with van der Waals surface area (Å²) in [6.45, 7) is 4.52. The number of hydrogen-bond acceptors (Lipinski definition) is 8. The molecule has 1 aliphatic rings. The number of nitro groups is 1. The maximum absolute atomic E-state index is 11.8. The predicted octanol–water partition coefficient (Wildman–Crippen LogP) is 3.42. The van der Waals surface area contributed by atoms with E-state index in [4.69, 9.17) is 0 Å². The Morgan fingerprint density at radius 2 is 1.87 bits per heavy atom. The number of benzene rings is 1. The Balaban J connectivity index is 1.41. The summed E-state index contributed by atoms with van der Waals surface area (Å²) in [6, 6.07) is 14.4. The highest BCUT2D eigenvalue weighted by Gasteiger charge is 2.29. The molecular formula is C21H24N6O2S. The molecule has 0 amide bonds. The van der Waals surface area contributed by atoms with Crippen molar-refractivity contribution in [1.29, 1.82) is 0 Å². The van der Waals surface area contributed by atoms with E-state index in [1.807, 2.05) is 34.5 Å². The molecule has 8 nitrogen and oxygen atoms in total.